The first kappa shape index (κ1) is 18.0. The summed E-state index contributed by atoms with van der Waals surface area (Å²) in [5, 5.41) is 2.78. The fourth-order valence-corrected chi connectivity index (χ4v) is 2.70. The molecule has 0 saturated heterocycles. The van der Waals surface area contributed by atoms with Crippen molar-refractivity contribution in [2.24, 2.45) is 0 Å². The lowest BCUT2D eigenvalue weighted by atomic mass is 10.2. The summed E-state index contributed by atoms with van der Waals surface area (Å²) in [5.74, 6) is 0.105. The number of methoxy groups -OCH3 is 1. The molecule has 5 nitrogen and oxygen atoms in total. The van der Waals surface area contributed by atoms with Crippen molar-refractivity contribution >= 4 is 33.4 Å². The molecular weight excluding hydrogens is 372 g/mol. The average Bonchev–Trinajstić information content (AvgIpc) is 2.60. The third-order valence-corrected chi connectivity index (χ3v) is 4.18. The number of anilines is 1. The topological polar surface area (TPSA) is 58.6 Å². The van der Waals surface area contributed by atoms with Crippen LogP contribution in [0.4, 0.5) is 5.69 Å². The maximum absolute atomic E-state index is 12.6. The summed E-state index contributed by atoms with van der Waals surface area (Å²) >= 11 is 3.37. The molecule has 0 aromatic heterocycles. The molecule has 6 heteroatoms. The lowest BCUT2D eigenvalue weighted by Crippen LogP contribution is -2.38. The maximum Gasteiger partial charge on any atom is 0.255 e. The van der Waals surface area contributed by atoms with E-state index >= 15 is 0 Å². The zero-order valence-corrected chi connectivity index (χ0v) is 15.2. The van der Waals surface area contributed by atoms with Gasteiger partial charge in [0.05, 0.1) is 18.4 Å². The van der Waals surface area contributed by atoms with Gasteiger partial charge in [0.15, 0.2) is 0 Å². The fourth-order valence-electron chi connectivity index (χ4n) is 2.24. The summed E-state index contributed by atoms with van der Waals surface area (Å²) in [7, 11) is 1.54. The molecule has 0 radical (unpaired) electrons. The first-order valence-corrected chi connectivity index (χ1v) is 8.32. The number of halogens is 1. The lowest BCUT2D eigenvalue weighted by molar-refractivity contribution is -0.116. The molecule has 1 N–H and O–H groups in total. The van der Waals surface area contributed by atoms with Crippen molar-refractivity contribution in [2.75, 3.05) is 25.5 Å². The molecule has 2 aromatic carbocycles. The van der Waals surface area contributed by atoms with Crippen LogP contribution >= 0.6 is 15.9 Å². The average molecular weight is 391 g/mol. The van der Waals surface area contributed by atoms with Crippen molar-refractivity contribution in [3.63, 3.8) is 0 Å². The highest BCUT2D eigenvalue weighted by atomic mass is 79.9. The third kappa shape index (κ3) is 4.35. The Hall–Kier alpha value is -2.34. The van der Waals surface area contributed by atoms with Crippen molar-refractivity contribution < 1.29 is 14.3 Å². The Bertz CT molecular complexity index is 734. The van der Waals surface area contributed by atoms with Crippen LogP contribution in [0.2, 0.25) is 0 Å². The van der Waals surface area contributed by atoms with Gasteiger partial charge in [-0.1, -0.05) is 24.3 Å². The second-order valence-electron chi connectivity index (χ2n) is 5.05. The number of para-hydroxylation sites is 2. The molecule has 24 heavy (non-hydrogen) atoms. The molecule has 0 aliphatic carbocycles. The van der Waals surface area contributed by atoms with Crippen LogP contribution in [0.5, 0.6) is 5.75 Å². The minimum absolute atomic E-state index is 0.0330. The van der Waals surface area contributed by atoms with E-state index in [-0.39, 0.29) is 18.4 Å². The normalized spacial score (nSPS) is 10.1. The van der Waals surface area contributed by atoms with E-state index in [0.29, 0.717) is 28.0 Å². The zero-order valence-electron chi connectivity index (χ0n) is 13.6. The van der Waals surface area contributed by atoms with E-state index in [9.17, 15) is 9.59 Å². The number of likely N-dealkylation sites (N-methyl/N-ethyl adjacent to an activating group) is 1. The van der Waals surface area contributed by atoms with E-state index in [0.717, 1.165) is 0 Å². The smallest absolute Gasteiger partial charge is 0.255 e. The highest BCUT2D eigenvalue weighted by Gasteiger charge is 2.19. The number of ether oxygens (including phenoxy) is 1. The Morgan fingerprint density at radius 2 is 1.79 bits per heavy atom. The summed E-state index contributed by atoms with van der Waals surface area (Å²) in [5.41, 5.74) is 1.11. The van der Waals surface area contributed by atoms with Crippen LogP contribution in [-0.4, -0.2) is 36.9 Å². The molecule has 0 unspecified atom stereocenters. The Kier molecular flexibility index (Phi) is 6.37. The molecule has 0 aliphatic rings. The molecule has 2 rings (SSSR count). The SMILES string of the molecule is CCN(CC(=O)Nc1ccccc1OC)C(=O)c1ccccc1Br. The Balaban J connectivity index is 2.08. The van der Waals surface area contributed by atoms with Crippen LogP contribution < -0.4 is 10.1 Å². The number of rotatable bonds is 6. The second-order valence-corrected chi connectivity index (χ2v) is 5.90. The van der Waals surface area contributed by atoms with Crippen molar-refractivity contribution in [3.8, 4) is 5.75 Å². The Labute approximate surface area is 149 Å². The molecule has 0 fully saturated rings. The van der Waals surface area contributed by atoms with E-state index in [1.165, 1.54) is 4.90 Å². The highest BCUT2D eigenvalue weighted by molar-refractivity contribution is 9.10. The van der Waals surface area contributed by atoms with E-state index < -0.39 is 0 Å². The van der Waals surface area contributed by atoms with Gasteiger partial charge >= 0.3 is 0 Å². The van der Waals surface area contributed by atoms with Gasteiger partial charge in [0, 0.05) is 11.0 Å². The molecule has 126 valence electrons. The Morgan fingerprint density at radius 3 is 2.46 bits per heavy atom. The number of carbonyl (C=O) groups is 2. The van der Waals surface area contributed by atoms with Gasteiger partial charge in [-0.05, 0) is 47.1 Å². The van der Waals surface area contributed by atoms with Crippen LogP contribution in [0, 0.1) is 0 Å². The number of nitrogens with one attached hydrogen (secondary N) is 1. The van der Waals surface area contributed by atoms with Crippen LogP contribution in [0.15, 0.2) is 53.0 Å². The van der Waals surface area contributed by atoms with Gasteiger partial charge in [0.25, 0.3) is 5.91 Å². The number of nitrogens with zero attached hydrogens (tertiary/aromatic N) is 1. The van der Waals surface area contributed by atoms with Crippen molar-refractivity contribution in [1.82, 2.24) is 4.90 Å². The highest BCUT2D eigenvalue weighted by Crippen LogP contribution is 2.23. The van der Waals surface area contributed by atoms with E-state index in [1.807, 2.05) is 25.1 Å². The number of hydrogen-bond acceptors (Lipinski definition) is 3. The summed E-state index contributed by atoms with van der Waals surface area (Å²) in [6, 6.07) is 14.3. The van der Waals surface area contributed by atoms with Gasteiger partial charge in [0.1, 0.15) is 12.3 Å². The van der Waals surface area contributed by atoms with E-state index in [4.69, 9.17) is 4.74 Å². The lowest BCUT2D eigenvalue weighted by Gasteiger charge is -2.21. The largest absolute Gasteiger partial charge is 0.495 e. The summed E-state index contributed by atoms with van der Waals surface area (Å²) < 4.78 is 5.92. The number of hydrogen-bond donors (Lipinski definition) is 1. The van der Waals surface area contributed by atoms with Crippen LogP contribution in [0.3, 0.4) is 0 Å². The predicted octanol–water partition coefficient (Wildman–Crippen LogP) is 3.56. The standard InChI is InChI=1S/C18H19BrN2O3/c1-3-21(18(23)13-8-4-5-9-14(13)19)12-17(22)20-15-10-6-7-11-16(15)24-2/h4-11H,3,12H2,1-2H3,(H,20,22). The summed E-state index contributed by atoms with van der Waals surface area (Å²) in [6.07, 6.45) is 0. The molecule has 0 bridgehead atoms. The van der Waals surface area contributed by atoms with Crippen molar-refractivity contribution in [3.05, 3.63) is 58.6 Å². The molecule has 0 atom stereocenters. The van der Waals surface area contributed by atoms with Crippen LogP contribution in [0.1, 0.15) is 17.3 Å². The van der Waals surface area contributed by atoms with E-state index in [2.05, 4.69) is 21.2 Å². The molecule has 0 heterocycles. The first-order valence-electron chi connectivity index (χ1n) is 7.53. The molecular formula is C18H19BrN2O3. The molecule has 0 spiro atoms. The van der Waals surface area contributed by atoms with Crippen molar-refractivity contribution in [1.29, 1.82) is 0 Å². The van der Waals surface area contributed by atoms with Crippen molar-refractivity contribution in [2.45, 2.75) is 6.92 Å². The molecule has 2 aromatic rings. The number of carbonyl (C=O) groups excluding carboxylic acids is 2. The molecule has 0 aliphatic heterocycles. The van der Waals surface area contributed by atoms with Gasteiger partial charge in [-0.3, -0.25) is 9.59 Å². The van der Waals surface area contributed by atoms with Gasteiger partial charge in [-0.2, -0.15) is 0 Å². The maximum atomic E-state index is 12.6. The summed E-state index contributed by atoms with van der Waals surface area (Å²) in [6.45, 7) is 2.24. The second kappa shape index (κ2) is 8.49. The Morgan fingerprint density at radius 1 is 1.12 bits per heavy atom. The zero-order chi connectivity index (χ0) is 17.5. The minimum atomic E-state index is -0.276. The minimum Gasteiger partial charge on any atom is -0.495 e. The van der Waals surface area contributed by atoms with Gasteiger partial charge in [0.2, 0.25) is 5.91 Å². The van der Waals surface area contributed by atoms with Crippen LogP contribution in [0.25, 0.3) is 0 Å². The van der Waals surface area contributed by atoms with Gasteiger partial charge in [-0.15, -0.1) is 0 Å². The third-order valence-electron chi connectivity index (χ3n) is 3.49. The van der Waals surface area contributed by atoms with E-state index in [1.54, 1.807) is 37.4 Å². The summed E-state index contributed by atoms with van der Waals surface area (Å²) in [4.78, 5) is 26.4. The van der Waals surface area contributed by atoms with Gasteiger partial charge < -0.3 is 15.0 Å². The van der Waals surface area contributed by atoms with Crippen LogP contribution in [-0.2, 0) is 4.79 Å². The molecule has 2 amide bonds. The predicted molar refractivity (Wildman–Crippen MR) is 97.3 cm³/mol. The first-order chi connectivity index (χ1) is 11.6. The number of amides is 2. The fraction of sp³-hybridized carbons (Fsp3) is 0.222. The monoisotopic (exact) mass is 390 g/mol. The van der Waals surface area contributed by atoms with Gasteiger partial charge in [-0.25, -0.2) is 0 Å². The quantitative estimate of drug-likeness (QED) is 0.819. The number of benzene rings is 2. The molecule has 0 saturated carbocycles.